The molecule has 0 saturated carbocycles. The van der Waals surface area contributed by atoms with E-state index in [4.69, 9.17) is 0 Å². The summed E-state index contributed by atoms with van der Waals surface area (Å²) in [5.41, 5.74) is 8.46. The number of fused-ring (bicyclic) bond motifs is 4. The molecule has 0 nitrogen and oxygen atoms in total. The molecule has 0 amide bonds. The van der Waals surface area contributed by atoms with E-state index in [2.05, 4.69) is 184 Å². The van der Waals surface area contributed by atoms with Crippen LogP contribution < -0.4 is 0 Å². The number of rotatable bonds is 2. The van der Waals surface area contributed by atoms with Crippen molar-refractivity contribution in [2.75, 3.05) is 0 Å². The van der Waals surface area contributed by atoms with Crippen molar-refractivity contribution in [2.24, 2.45) is 0 Å². The summed E-state index contributed by atoms with van der Waals surface area (Å²) < 4.78 is 0. The van der Waals surface area contributed by atoms with Gasteiger partial charge in [-0.1, -0.05) is 178 Å². The fourth-order valence-corrected chi connectivity index (χ4v) is 7.00. The van der Waals surface area contributed by atoms with Gasteiger partial charge in [-0.25, -0.2) is 0 Å². The summed E-state index contributed by atoms with van der Waals surface area (Å²) in [5, 5.41) is 9.64. The minimum absolute atomic E-state index is 0.0258. The van der Waals surface area contributed by atoms with E-state index in [1.807, 2.05) is 0 Å². The molecule has 0 aliphatic heterocycles. The molecule has 218 valence electrons. The van der Waals surface area contributed by atoms with Gasteiger partial charge in [-0.05, 0) is 82.4 Å². The number of benzene rings is 8. The molecule has 0 saturated heterocycles. The summed E-state index contributed by atoms with van der Waals surface area (Å²) in [6.07, 6.45) is 0. The molecule has 0 fully saturated rings. The molecule has 0 N–H and O–H groups in total. The monoisotopic (exact) mass is 586 g/mol. The topological polar surface area (TPSA) is 0 Å². The van der Waals surface area contributed by atoms with Crippen LogP contribution in [0.25, 0.3) is 65.3 Å². The second kappa shape index (κ2) is 11.1. The number of hydrogen-bond acceptors (Lipinski definition) is 0. The molecule has 0 spiro atoms. The van der Waals surface area contributed by atoms with Crippen molar-refractivity contribution in [3.63, 3.8) is 0 Å². The lowest BCUT2D eigenvalue weighted by Gasteiger charge is -2.22. The van der Waals surface area contributed by atoms with E-state index in [1.165, 1.54) is 70.9 Å². The predicted octanol–water partition coefficient (Wildman–Crippen LogP) is 12.3. The Morgan fingerprint density at radius 3 is 1.11 bits per heavy atom. The van der Waals surface area contributed by atoms with E-state index < -0.39 is 0 Å². The first kappa shape index (κ1) is 27.9. The molecule has 0 aromatic heterocycles. The Morgan fingerprint density at radius 1 is 0.348 bits per heavy atom. The van der Waals surface area contributed by atoms with Crippen LogP contribution in [0.15, 0.2) is 152 Å². The largest absolute Gasteiger partial charge is 0.0622 e. The van der Waals surface area contributed by atoms with Crippen LogP contribution in [0.3, 0.4) is 0 Å². The van der Waals surface area contributed by atoms with Crippen molar-refractivity contribution in [1.29, 1.82) is 0 Å². The normalized spacial score (nSPS) is 11.6. The van der Waals surface area contributed by atoms with Gasteiger partial charge in [-0.15, -0.1) is 0 Å². The maximum atomic E-state index is 3.78. The van der Waals surface area contributed by atoms with Gasteiger partial charge in [0.05, 0.1) is 0 Å². The van der Waals surface area contributed by atoms with Crippen LogP contribution in [-0.4, -0.2) is 0 Å². The fourth-order valence-electron chi connectivity index (χ4n) is 7.00. The Kier molecular flexibility index (Phi) is 6.70. The Morgan fingerprint density at radius 2 is 0.696 bits per heavy atom. The first-order chi connectivity index (χ1) is 22.5. The molecule has 8 aromatic rings. The first-order valence-electron chi connectivity index (χ1n) is 16.0. The smallest absolute Gasteiger partial charge is 0.0406 e. The van der Waals surface area contributed by atoms with Gasteiger partial charge in [0.25, 0.3) is 0 Å². The van der Waals surface area contributed by atoms with Gasteiger partial charge in [0.2, 0.25) is 0 Å². The predicted molar refractivity (Wildman–Crippen MR) is 198 cm³/mol. The molecule has 0 aliphatic rings. The van der Waals surface area contributed by atoms with Gasteiger partial charge in [0, 0.05) is 11.1 Å². The molecule has 46 heavy (non-hydrogen) atoms. The van der Waals surface area contributed by atoms with Crippen LogP contribution in [-0.2, 0) is 5.41 Å². The molecular weight excluding hydrogens is 553 g/mol. The summed E-state index contributed by atoms with van der Waals surface area (Å²) in [4.78, 5) is 0. The quantitative estimate of drug-likeness (QED) is 0.140. The van der Waals surface area contributed by atoms with E-state index in [0.29, 0.717) is 0 Å². The van der Waals surface area contributed by atoms with Crippen molar-refractivity contribution in [3.05, 3.63) is 168 Å². The van der Waals surface area contributed by atoms with E-state index in [0.717, 1.165) is 11.1 Å². The molecular formula is C46H34. The zero-order valence-electron chi connectivity index (χ0n) is 26.4. The Bertz CT molecular complexity index is 2420. The maximum absolute atomic E-state index is 3.78. The molecule has 0 radical (unpaired) electrons. The highest BCUT2D eigenvalue weighted by molar-refractivity contribution is 6.18. The molecule has 0 unspecified atom stereocenters. The summed E-state index contributed by atoms with van der Waals surface area (Å²) in [6, 6.07) is 54.7. The van der Waals surface area contributed by atoms with Gasteiger partial charge >= 0.3 is 0 Å². The second-order valence-electron chi connectivity index (χ2n) is 13.1. The van der Waals surface area contributed by atoms with Crippen LogP contribution in [0.4, 0.5) is 0 Å². The van der Waals surface area contributed by atoms with E-state index >= 15 is 0 Å². The van der Waals surface area contributed by atoms with Crippen molar-refractivity contribution in [1.82, 2.24) is 0 Å². The van der Waals surface area contributed by atoms with Crippen molar-refractivity contribution in [2.45, 2.75) is 26.2 Å². The fraction of sp³-hybridized carbons (Fsp3) is 0.0870. The maximum Gasteiger partial charge on any atom is 0.0406 e. The third-order valence-corrected chi connectivity index (χ3v) is 9.26. The highest BCUT2D eigenvalue weighted by Crippen LogP contribution is 2.42. The van der Waals surface area contributed by atoms with Crippen LogP contribution in [0.2, 0.25) is 0 Å². The Balaban J connectivity index is 1.47. The van der Waals surface area contributed by atoms with Gasteiger partial charge in [0.15, 0.2) is 0 Å². The van der Waals surface area contributed by atoms with Crippen molar-refractivity contribution >= 4 is 43.1 Å². The lowest BCUT2D eigenvalue weighted by Crippen LogP contribution is -2.10. The Labute approximate surface area is 271 Å². The van der Waals surface area contributed by atoms with Gasteiger partial charge in [-0.3, -0.25) is 0 Å². The average Bonchev–Trinajstić information content (AvgIpc) is 3.09. The average molecular weight is 587 g/mol. The molecule has 0 aliphatic carbocycles. The third kappa shape index (κ3) is 4.65. The van der Waals surface area contributed by atoms with Crippen molar-refractivity contribution in [3.8, 4) is 34.1 Å². The third-order valence-electron chi connectivity index (χ3n) is 9.26. The second-order valence-corrected chi connectivity index (χ2v) is 13.1. The summed E-state index contributed by atoms with van der Waals surface area (Å²) in [5.74, 6) is 7.54. The minimum Gasteiger partial charge on any atom is -0.0622 e. The molecule has 0 atom stereocenters. The highest BCUT2D eigenvalue weighted by Gasteiger charge is 2.19. The van der Waals surface area contributed by atoms with Gasteiger partial charge < -0.3 is 0 Å². The van der Waals surface area contributed by atoms with E-state index in [9.17, 15) is 0 Å². The van der Waals surface area contributed by atoms with E-state index in [-0.39, 0.29) is 5.41 Å². The zero-order chi connectivity index (χ0) is 31.3. The highest BCUT2D eigenvalue weighted by atomic mass is 14.2. The minimum atomic E-state index is 0.0258. The number of hydrogen-bond donors (Lipinski definition) is 0. The molecule has 8 rings (SSSR count). The summed E-state index contributed by atoms with van der Waals surface area (Å²) in [6.45, 7) is 6.86. The lowest BCUT2D eigenvalue weighted by molar-refractivity contribution is 0.591. The van der Waals surface area contributed by atoms with Crippen molar-refractivity contribution < 1.29 is 0 Å². The molecule has 0 bridgehead atoms. The lowest BCUT2D eigenvalue weighted by atomic mass is 9.82. The standard InChI is InChI=1S/C46H34/c1-46(2,3)33-26-27-39-38(36-22-12-15-25-42(36)45(43(39)30-33)32-18-8-5-9-19-32)29-28-37-34-20-10-13-23-40(34)44(31-16-6-4-7-17-31)41-24-14-11-21-35(37)41/h4-27,30H,1-3H3. The van der Waals surface area contributed by atoms with Crippen LogP contribution in [0, 0.1) is 11.8 Å². The van der Waals surface area contributed by atoms with E-state index in [1.54, 1.807) is 0 Å². The van der Waals surface area contributed by atoms with Gasteiger partial charge in [-0.2, -0.15) is 0 Å². The Hall–Kier alpha value is -5.64. The molecule has 0 heterocycles. The first-order valence-corrected chi connectivity index (χ1v) is 16.0. The molecule has 8 aromatic carbocycles. The van der Waals surface area contributed by atoms with Gasteiger partial charge in [0.1, 0.15) is 0 Å². The summed E-state index contributed by atoms with van der Waals surface area (Å²) >= 11 is 0. The molecule has 0 heteroatoms. The SMILES string of the molecule is CC(C)(C)c1ccc2c(C#Cc3c4ccccc4c(-c4ccccc4)c4ccccc34)c3ccccc3c(-c3ccccc3)c2c1. The van der Waals surface area contributed by atoms with Crippen LogP contribution >= 0.6 is 0 Å². The summed E-state index contributed by atoms with van der Waals surface area (Å²) in [7, 11) is 0. The van der Waals surface area contributed by atoms with Crippen LogP contribution in [0.5, 0.6) is 0 Å². The van der Waals surface area contributed by atoms with Crippen LogP contribution in [0.1, 0.15) is 37.5 Å². The zero-order valence-corrected chi connectivity index (χ0v) is 26.4.